The fraction of sp³-hybridized carbons (Fsp3) is 0.938. The van der Waals surface area contributed by atoms with Crippen LogP contribution in [-0.4, -0.2) is 61.0 Å². The van der Waals surface area contributed by atoms with E-state index in [4.69, 9.17) is 0 Å². The van der Waals surface area contributed by atoms with Gasteiger partial charge >= 0.3 is 0 Å². The van der Waals surface area contributed by atoms with Crippen LogP contribution in [0.4, 0.5) is 0 Å². The van der Waals surface area contributed by atoms with Crippen LogP contribution in [0.1, 0.15) is 45.4 Å². The number of carbonyl (C=O) groups is 1. The molecule has 22 heavy (non-hydrogen) atoms. The Morgan fingerprint density at radius 1 is 1.09 bits per heavy atom. The molecule has 3 fully saturated rings. The van der Waals surface area contributed by atoms with E-state index in [1.165, 1.54) is 38.8 Å². The Morgan fingerprint density at radius 2 is 1.82 bits per heavy atom. The number of likely N-dealkylation sites (tertiary alicyclic amines) is 2. The van der Waals surface area contributed by atoms with E-state index in [0.717, 1.165) is 39.0 Å². The number of rotatable bonds is 2. The van der Waals surface area contributed by atoms with Crippen LogP contribution in [0.15, 0.2) is 0 Å². The summed E-state index contributed by atoms with van der Waals surface area (Å²) in [6, 6.07) is 0.624. The second kappa shape index (κ2) is 8.72. The first-order valence-electron chi connectivity index (χ1n) is 8.43. The summed E-state index contributed by atoms with van der Waals surface area (Å²) in [5.74, 6) is 0.393. The number of hydrogen-bond acceptors (Lipinski definition) is 3. The van der Waals surface area contributed by atoms with Crippen LogP contribution in [0, 0.1) is 5.41 Å². The highest BCUT2D eigenvalue weighted by molar-refractivity contribution is 5.85. The Bertz CT molecular complexity index is 355. The van der Waals surface area contributed by atoms with Crippen LogP contribution in [0.2, 0.25) is 0 Å². The number of carbonyl (C=O) groups excluding carboxylic acids is 1. The smallest absolute Gasteiger partial charge is 0.229 e. The standard InChI is InChI=1S/C16H29N3O.2ClH/c1-16(7-5-8-17-13-16)15(20)19-11-6-14(12-19)18-9-3-2-4-10-18;;/h14,17H,2-13H2,1H3;2*1H. The lowest BCUT2D eigenvalue weighted by molar-refractivity contribution is -0.141. The zero-order valence-electron chi connectivity index (χ0n) is 13.7. The van der Waals surface area contributed by atoms with Crippen LogP contribution >= 0.6 is 24.8 Å². The van der Waals surface area contributed by atoms with Crippen LogP contribution in [0.5, 0.6) is 0 Å². The largest absolute Gasteiger partial charge is 0.341 e. The average molecular weight is 352 g/mol. The number of halogens is 2. The molecule has 0 bridgehead atoms. The zero-order chi connectivity index (χ0) is 14.0. The van der Waals surface area contributed by atoms with Crippen molar-refractivity contribution < 1.29 is 4.79 Å². The highest BCUT2D eigenvalue weighted by Gasteiger charge is 2.41. The minimum Gasteiger partial charge on any atom is -0.341 e. The molecule has 130 valence electrons. The molecule has 1 amide bonds. The van der Waals surface area contributed by atoms with Gasteiger partial charge in [-0.3, -0.25) is 9.69 Å². The van der Waals surface area contributed by atoms with Crippen molar-refractivity contribution in [1.29, 1.82) is 0 Å². The molecule has 3 heterocycles. The third-order valence-electron chi connectivity index (χ3n) is 5.47. The maximum Gasteiger partial charge on any atom is 0.229 e. The van der Waals surface area contributed by atoms with Crippen molar-refractivity contribution >= 4 is 30.7 Å². The predicted molar refractivity (Wildman–Crippen MR) is 95.1 cm³/mol. The molecule has 6 heteroatoms. The van der Waals surface area contributed by atoms with E-state index >= 15 is 0 Å². The minimum atomic E-state index is -0.158. The molecule has 3 rings (SSSR count). The van der Waals surface area contributed by atoms with Crippen molar-refractivity contribution in [3.8, 4) is 0 Å². The first kappa shape index (κ1) is 20.0. The van der Waals surface area contributed by atoms with E-state index < -0.39 is 0 Å². The van der Waals surface area contributed by atoms with E-state index in [0.29, 0.717) is 11.9 Å². The van der Waals surface area contributed by atoms with E-state index in [1.807, 2.05) is 0 Å². The highest BCUT2D eigenvalue weighted by Crippen LogP contribution is 2.30. The lowest BCUT2D eigenvalue weighted by Gasteiger charge is -2.37. The molecule has 0 aromatic carbocycles. The molecule has 2 atom stereocenters. The molecular formula is C16H31Cl2N3O. The summed E-state index contributed by atoms with van der Waals surface area (Å²) in [4.78, 5) is 17.6. The average Bonchev–Trinajstić information content (AvgIpc) is 2.98. The van der Waals surface area contributed by atoms with E-state index in [2.05, 4.69) is 22.0 Å². The Kier molecular flexibility index (Phi) is 7.93. The van der Waals surface area contributed by atoms with Gasteiger partial charge in [-0.2, -0.15) is 0 Å². The number of hydrogen-bond donors (Lipinski definition) is 1. The molecule has 0 radical (unpaired) electrons. The van der Waals surface area contributed by atoms with Crippen LogP contribution in [0.25, 0.3) is 0 Å². The molecule has 3 saturated heterocycles. The number of amides is 1. The van der Waals surface area contributed by atoms with Gasteiger partial charge in [0.25, 0.3) is 0 Å². The van der Waals surface area contributed by atoms with Gasteiger partial charge in [0, 0.05) is 25.7 Å². The Morgan fingerprint density at radius 3 is 2.45 bits per heavy atom. The third kappa shape index (κ3) is 4.28. The summed E-state index contributed by atoms with van der Waals surface area (Å²) in [5, 5.41) is 3.40. The van der Waals surface area contributed by atoms with Gasteiger partial charge in [-0.1, -0.05) is 6.42 Å². The Labute approximate surface area is 147 Å². The van der Waals surface area contributed by atoms with Gasteiger partial charge in [-0.05, 0) is 58.7 Å². The van der Waals surface area contributed by atoms with Crippen molar-refractivity contribution in [2.24, 2.45) is 5.41 Å². The normalized spacial score (nSPS) is 33.0. The van der Waals surface area contributed by atoms with E-state index in [-0.39, 0.29) is 30.2 Å². The molecule has 2 unspecified atom stereocenters. The Balaban J connectivity index is 0.00000121. The summed E-state index contributed by atoms with van der Waals surface area (Å²) in [6.07, 6.45) is 7.42. The van der Waals surface area contributed by atoms with Crippen molar-refractivity contribution in [2.45, 2.75) is 51.5 Å². The second-order valence-electron chi connectivity index (χ2n) is 7.13. The fourth-order valence-electron chi connectivity index (χ4n) is 4.13. The third-order valence-corrected chi connectivity index (χ3v) is 5.47. The van der Waals surface area contributed by atoms with Gasteiger partial charge in [0.2, 0.25) is 5.91 Å². The monoisotopic (exact) mass is 351 g/mol. The maximum atomic E-state index is 12.8. The van der Waals surface area contributed by atoms with Crippen molar-refractivity contribution in [1.82, 2.24) is 15.1 Å². The Hall–Kier alpha value is -0.0300. The van der Waals surface area contributed by atoms with Gasteiger partial charge in [0.15, 0.2) is 0 Å². The maximum absolute atomic E-state index is 12.8. The lowest BCUT2D eigenvalue weighted by Crippen LogP contribution is -2.50. The first-order chi connectivity index (χ1) is 9.69. The molecule has 0 aromatic rings. The molecule has 1 N–H and O–H groups in total. The summed E-state index contributed by atoms with van der Waals surface area (Å²) < 4.78 is 0. The van der Waals surface area contributed by atoms with Gasteiger partial charge < -0.3 is 10.2 Å². The SMILES string of the molecule is CC1(C(=O)N2CCC(N3CCCCC3)C2)CCCNC1.Cl.Cl. The topological polar surface area (TPSA) is 35.6 Å². The summed E-state index contributed by atoms with van der Waals surface area (Å²) in [5.41, 5.74) is -0.158. The zero-order valence-corrected chi connectivity index (χ0v) is 15.3. The number of nitrogens with one attached hydrogen (secondary N) is 1. The van der Waals surface area contributed by atoms with Gasteiger partial charge in [-0.15, -0.1) is 24.8 Å². The summed E-state index contributed by atoms with van der Waals surface area (Å²) >= 11 is 0. The number of nitrogens with zero attached hydrogens (tertiary/aromatic N) is 2. The van der Waals surface area contributed by atoms with E-state index in [9.17, 15) is 4.79 Å². The molecule has 3 aliphatic heterocycles. The second-order valence-corrected chi connectivity index (χ2v) is 7.13. The van der Waals surface area contributed by atoms with Gasteiger partial charge in [-0.25, -0.2) is 0 Å². The molecule has 0 spiro atoms. The molecule has 3 aliphatic rings. The van der Waals surface area contributed by atoms with E-state index in [1.54, 1.807) is 0 Å². The number of piperidine rings is 2. The summed E-state index contributed by atoms with van der Waals surface area (Å²) in [7, 11) is 0. The minimum absolute atomic E-state index is 0. The fourth-order valence-corrected chi connectivity index (χ4v) is 4.13. The highest BCUT2D eigenvalue weighted by atomic mass is 35.5. The quantitative estimate of drug-likeness (QED) is 0.828. The summed E-state index contributed by atoms with van der Waals surface area (Å²) in [6.45, 7) is 8.49. The van der Waals surface area contributed by atoms with Crippen LogP contribution in [-0.2, 0) is 4.79 Å². The van der Waals surface area contributed by atoms with Gasteiger partial charge in [0.05, 0.1) is 5.41 Å². The van der Waals surface area contributed by atoms with Gasteiger partial charge in [0.1, 0.15) is 0 Å². The molecular weight excluding hydrogens is 321 g/mol. The van der Waals surface area contributed by atoms with Crippen LogP contribution < -0.4 is 5.32 Å². The van der Waals surface area contributed by atoms with Crippen molar-refractivity contribution in [3.05, 3.63) is 0 Å². The first-order valence-corrected chi connectivity index (χ1v) is 8.43. The van der Waals surface area contributed by atoms with Crippen molar-refractivity contribution in [2.75, 3.05) is 39.3 Å². The predicted octanol–water partition coefficient (Wildman–Crippen LogP) is 2.31. The molecule has 0 aliphatic carbocycles. The van der Waals surface area contributed by atoms with Crippen LogP contribution in [0.3, 0.4) is 0 Å². The van der Waals surface area contributed by atoms with Crippen molar-refractivity contribution in [3.63, 3.8) is 0 Å². The molecule has 0 aromatic heterocycles. The molecule has 0 saturated carbocycles. The lowest BCUT2D eigenvalue weighted by atomic mass is 9.81. The molecule has 4 nitrogen and oxygen atoms in total.